The van der Waals surface area contributed by atoms with Crippen LogP contribution in [0.1, 0.15) is 328 Å². The number of nitrogens with one attached hydrogen (secondary N) is 1. The van der Waals surface area contributed by atoms with Crippen molar-refractivity contribution in [2.45, 2.75) is 402 Å². The molecular weight excluding hydrogens is 1240 g/mol. The van der Waals surface area contributed by atoms with E-state index >= 15 is 0 Å². The molecule has 2 rings (SSSR count). The summed E-state index contributed by atoms with van der Waals surface area (Å²) in [6.45, 7) is 2.70. The van der Waals surface area contributed by atoms with Crippen LogP contribution in [0.2, 0.25) is 0 Å². The molecule has 0 radical (unpaired) electrons. The maximum absolute atomic E-state index is 13.4. The van der Waals surface area contributed by atoms with Crippen LogP contribution in [0.5, 0.6) is 0 Å². The van der Waals surface area contributed by atoms with E-state index in [9.17, 15) is 45.6 Å². The van der Waals surface area contributed by atoms with E-state index in [1.165, 1.54) is 212 Å². The molecule has 9 N–H and O–H groups in total. The van der Waals surface area contributed by atoms with Crippen LogP contribution in [0.3, 0.4) is 0 Å². The van der Waals surface area contributed by atoms with Gasteiger partial charge in [0.2, 0.25) is 5.91 Å². The highest BCUT2D eigenvalue weighted by Gasteiger charge is 2.51. The molecule has 0 saturated carbocycles. The molecule has 2 fully saturated rings. The first-order chi connectivity index (χ1) is 48.6. The lowest BCUT2D eigenvalue weighted by atomic mass is 9.97. The molecule has 2 aliphatic rings. The standard InChI is InChI=1S/C85H149NO13/c1-3-5-7-9-11-13-15-17-19-21-23-25-27-29-30-31-32-33-34-35-36-37-38-39-40-41-42-43-44-45-47-49-51-53-55-57-59-61-63-65-67-69-77(90)86-73(72-96-84-82(95)80(93)83(76(71-88)98-84)99-85-81(94)79(92)78(91)75(70-87)97-85)74(89)68-66-64-62-60-58-56-54-52-50-48-46-28-26-24-22-20-18-16-14-12-10-8-6-4-2/h5,7,11,13,17,19,23,25,29-30,32-33,50,52,58,60,66,68,73-76,78-85,87-89,91-95H,3-4,6,8-10,12,14-16,18,20-22,24,26-28,31,34-49,51,53-57,59,61-65,67,69-72H2,1-2H3,(H,86,90)/b7-5-,13-11-,19-17-,25-23-,30-29-,33-32-,52-50+,60-58+,68-66+. The SMILES string of the molecule is CC/C=C\C/C=C\C/C=C\C/C=C\C/C=C\C/C=C\CCCCCCCCCCCCCCCCCCCCCCCCC(=O)NC(COC1OC(CO)C(OC2OC(CO)C(O)C(O)C2O)C(O)C1O)C(O)/C=C/CC/C=C/CC/C=C/CCCCCCCCCCCCCCCC. The van der Waals surface area contributed by atoms with Gasteiger partial charge in [-0.3, -0.25) is 4.79 Å². The molecule has 0 spiro atoms. The Morgan fingerprint density at radius 1 is 0.374 bits per heavy atom. The van der Waals surface area contributed by atoms with Gasteiger partial charge in [-0.2, -0.15) is 0 Å². The summed E-state index contributed by atoms with van der Waals surface area (Å²) < 4.78 is 22.9. The summed E-state index contributed by atoms with van der Waals surface area (Å²) in [6.07, 6.45) is 81.8. The van der Waals surface area contributed by atoms with Crippen LogP contribution in [-0.2, 0) is 23.7 Å². The maximum atomic E-state index is 13.4. The number of carbonyl (C=O) groups is 1. The molecule has 12 unspecified atom stereocenters. The smallest absolute Gasteiger partial charge is 0.220 e. The summed E-state index contributed by atoms with van der Waals surface area (Å²) in [5.74, 6) is -0.250. The van der Waals surface area contributed by atoms with Crippen molar-refractivity contribution in [3.8, 4) is 0 Å². The number of unbranched alkanes of at least 4 members (excludes halogenated alkanes) is 38. The van der Waals surface area contributed by atoms with Crippen LogP contribution < -0.4 is 5.32 Å². The quantitative estimate of drug-likeness (QED) is 0.0204. The van der Waals surface area contributed by atoms with Crippen molar-refractivity contribution < 1.29 is 64.6 Å². The van der Waals surface area contributed by atoms with E-state index in [0.29, 0.717) is 12.8 Å². The molecule has 14 heteroatoms. The molecule has 0 aromatic heterocycles. The predicted octanol–water partition coefficient (Wildman–Crippen LogP) is 18.6. The number of ether oxygens (including phenoxy) is 4. The maximum Gasteiger partial charge on any atom is 0.220 e. The van der Waals surface area contributed by atoms with Gasteiger partial charge >= 0.3 is 0 Å². The Balaban J connectivity index is 1.59. The van der Waals surface area contributed by atoms with Crippen molar-refractivity contribution in [3.63, 3.8) is 0 Å². The molecular formula is C85H149NO13. The Morgan fingerprint density at radius 3 is 1.11 bits per heavy atom. The number of aliphatic hydroxyl groups excluding tert-OH is 8. The third-order valence-electron chi connectivity index (χ3n) is 19.2. The van der Waals surface area contributed by atoms with Gasteiger partial charge in [-0.1, -0.05) is 335 Å². The Kier molecular flexibility index (Phi) is 62.8. The number of hydrogen-bond donors (Lipinski definition) is 9. The first-order valence-electron chi connectivity index (χ1n) is 40.6. The highest BCUT2D eigenvalue weighted by atomic mass is 16.7. The third kappa shape index (κ3) is 50.7. The van der Waals surface area contributed by atoms with E-state index in [1.807, 2.05) is 6.08 Å². The van der Waals surface area contributed by atoms with E-state index < -0.39 is 86.8 Å². The van der Waals surface area contributed by atoms with Gasteiger partial charge in [0.05, 0.1) is 32.0 Å². The molecule has 12 atom stereocenters. The largest absolute Gasteiger partial charge is 0.394 e. The summed E-state index contributed by atoms with van der Waals surface area (Å²) in [7, 11) is 0. The summed E-state index contributed by atoms with van der Waals surface area (Å²) in [4.78, 5) is 13.4. The van der Waals surface area contributed by atoms with Crippen molar-refractivity contribution in [1.29, 1.82) is 0 Å². The summed E-state index contributed by atoms with van der Waals surface area (Å²) in [6, 6.07) is -0.943. The molecule has 0 aromatic rings. The van der Waals surface area contributed by atoms with Crippen LogP contribution in [0.15, 0.2) is 109 Å². The van der Waals surface area contributed by atoms with E-state index in [1.54, 1.807) is 6.08 Å². The lowest BCUT2D eigenvalue weighted by Gasteiger charge is -2.46. The second-order valence-electron chi connectivity index (χ2n) is 28.1. The van der Waals surface area contributed by atoms with Gasteiger partial charge in [0, 0.05) is 6.42 Å². The molecule has 0 aromatic carbocycles. The van der Waals surface area contributed by atoms with Gasteiger partial charge in [-0.05, 0) is 96.3 Å². The zero-order valence-corrected chi connectivity index (χ0v) is 62.7. The summed E-state index contributed by atoms with van der Waals surface area (Å²) in [5.41, 5.74) is 0. The molecule has 572 valence electrons. The number of rotatable bonds is 67. The predicted molar refractivity (Wildman–Crippen MR) is 410 cm³/mol. The first kappa shape index (κ1) is 91.7. The Morgan fingerprint density at radius 2 is 0.707 bits per heavy atom. The molecule has 0 aliphatic carbocycles. The molecule has 2 saturated heterocycles. The van der Waals surface area contributed by atoms with Gasteiger partial charge in [0.1, 0.15) is 48.8 Å². The summed E-state index contributed by atoms with van der Waals surface area (Å²) in [5, 5.41) is 87.6. The number of carbonyl (C=O) groups excluding carboxylic acids is 1. The molecule has 2 heterocycles. The Hall–Kier alpha value is -3.35. The highest BCUT2D eigenvalue weighted by Crippen LogP contribution is 2.30. The normalized spacial score (nSPS) is 22.5. The molecule has 0 bridgehead atoms. The Labute approximate surface area is 604 Å². The monoisotopic (exact) mass is 1390 g/mol. The van der Waals surface area contributed by atoms with Gasteiger partial charge in [-0.25, -0.2) is 0 Å². The average molecular weight is 1390 g/mol. The van der Waals surface area contributed by atoms with E-state index in [2.05, 4.69) is 116 Å². The van der Waals surface area contributed by atoms with Crippen LogP contribution >= 0.6 is 0 Å². The Bertz CT molecular complexity index is 2080. The van der Waals surface area contributed by atoms with Gasteiger partial charge in [-0.15, -0.1) is 0 Å². The molecule has 14 nitrogen and oxygen atoms in total. The number of aliphatic hydroxyl groups is 8. The van der Waals surface area contributed by atoms with Crippen molar-refractivity contribution in [2.75, 3.05) is 19.8 Å². The topological polar surface area (TPSA) is 228 Å². The van der Waals surface area contributed by atoms with Gasteiger partial charge in [0.15, 0.2) is 12.6 Å². The number of allylic oxidation sites excluding steroid dienone is 17. The third-order valence-corrected chi connectivity index (χ3v) is 19.2. The lowest BCUT2D eigenvalue weighted by molar-refractivity contribution is -0.359. The number of hydrogen-bond acceptors (Lipinski definition) is 13. The molecule has 1 amide bonds. The highest BCUT2D eigenvalue weighted by molar-refractivity contribution is 5.76. The minimum atomic E-state index is -1.80. The fourth-order valence-electron chi connectivity index (χ4n) is 12.8. The minimum absolute atomic E-state index is 0.250. The van der Waals surface area contributed by atoms with Crippen LogP contribution in [0, 0.1) is 0 Å². The second kappa shape index (κ2) is 67.8. The van der Waals surface area contributed by atoms with Crippen LogP contribution in [0.25, 0.3) is 0 Å². The fraction of sp³-hybridized carbons (Fsp3) is 0.776. The zero-order valence-electron chi connectivity index (χ0n) is 62.7. The lowest BCUT2D eigenvalue weighted by Crippen LogP contribution is -2.65. The van der Waals surface area contributed by atoms with E-state index in [0.717, 1.165) is 83.5 Å². The van der Waals surface area contributed by atoms with Crippen LogP contribution in [-0.4, -0.2) is 140 Å². The van der Waals surface area contributed by atoms with E-state index in [4.69, 9.17) is 18.9 Å². The molecule has 2 aliphatic heterocycles. The molecule has 99 heavy (non-hydrogen) atoms. The average Bonchev–Trinajstić information content (AvgIpc) is 0.799. The van der Waals surface area contributed by atoms with Crippen molar-refractivity contribution in [2.24, 2.45) is 0 Å². The number of amides is 1. The van der Waals surface area contributed by atoms with Crippen molar-refractivity contribution in [1.82, 2.24) is 5.32 Å². The minimum Gasteiger partial charge on any atom is -0.394 e. The second-order valence-corrected chi connectivity index (χ2v) is 28.1. The van der Waals surface area contributed by atoms with Gasteiger partial charge < -0.3 is 65.1 Å². The van der Waals surface area contributed by atoms with Crippen molar-refractivity contribution >= 4 is 5.91 Å². The van der Waals surface area contributed by atoms with Crippen molar-refractivity contribution in [3.05, 3.63) is 109 Å². The zero-order chi connectivity index (χ0) is 71.5. The van der Waals surface area contributed by atoms with Gasteiger partial charge in [0.25, 0.3) is 0 Å². The first-order valence-corrected chi connectivity index (χ1v) is 40.6. The van der Waals surface area contributed by atoms with Crippen LogP contribution in [0.4, 0.5) is 0 Å². The summed E-state index contributed by atoms with van der Waals surface area (Å²) >= 11 is 0. The van der Waals surface area contributed by atoms with E-state index in [-0.39, 0.29) is 18.9 Å². The fourth-order valence-corrected chi connectivity index (χ4v) is 12.8.